The van der Waals surface area contributed by atoms with E-state index in [0.29, 0.717) is 22.9 Å². The molecular weight excluding hydrogens is 304 g/mol. The summed E-state index contributed by atoms with van der Waals surface area (Å²) in [6.07, 6.45) is -0.0284. The molecule has 0 aromatic heterocycles. The molecule has 0 amide bonds. The molecule has 0 fully saturated rings. The quantitative estimate of drug-likeness (QED) is 0.844. The summed E-state index contributed by atoms with van der Waals surface area (Å²) in [5, 5.41) is 4.95. The lowest BCUT2D eigenvalue weighted by atomic mass is 9.89. The molecule has 0 radical (unpaired) electrons. The van der Waals surface area contributed by atoms with Gasteiger partial charge in [0.15, 0.2) is 0 Å². The van der Waals surface area contributed by atoms with Gasteiger partial charge in [-0.2, -0.15) is 5.10 Å². The highest BCUT2D eigenvalue weighted by Gasteiger charge is 2.32. The first-order valence-electron chi connectivity index (χ1n) is 7.20. The highest BCUT2D eigenvalue weighted by molar-refractivity contribution is 6.31. The molecule has 118 valence electrons. The fourth-order valence-corrected chi connectivity index (χ4v) is 2.57. The summed E-state index contributed by atoms with van der Waals surface area (Å²) in [5.74, 6) is 0.169. The Morgan fingerprint density at radius 2 is 2.09 bits per heavy atom. The van der Waals surface area contributed by atoms with Crippen LogP contribution in [-0.2, 0) is 9.47 Å². The van der Waals surface area contributed by atoms with Crippen LogP contribution >= 0.6 is 11.6 Å². The van der Waals surface area contributed by atoms with E-state index < -0.39 is 6.16 Å². The van der Waals surface area contributed by atoms with Crippen LogP contribution in [0.1, 0.15) is 38.7 Å². The first-order chi connectivity index (χ1) is 10.6. The Morgan fingerprint density at radius 1 is 1.36 bits per heavy atom. The number of carbonyl (C=O) groups is 1. The molecule has 1 heterocycles. The Labute approximate surface area is 134 Å². The normalized spacial score (nSPS) is 17.6. The van der Waals surface area contributed by atoms with Crippen molar-refractivity contribution in [2.75, 3.05) is 6.61 Å². The largest absolute Gasteiger partial charge is 0.513 e. The van der Waals surface area contributed by atoms with E-state index in [2.05, 4.69) is 10.5 Å². The number of hydrazone groups is 1. The van der Waals surface area contributed by atoms with Gasteiger partial charge in [0, 0.05) is 5.02 Å². The van der Waals surface area contributed by atoms with Gasteiger partial charge in [-0.3, -0.25) is 5.43 Å². The standard InChI is InChI=1S/C16H19ClN2O3/c1-4-13-14(11-8-6-7-9-12(11)17)15(10(3)18-19-13)22-16(20)21-5-2/h6-9,14,18H,4-5H2,1-3H3. The zero-order chi connectivity index (χ0) is 16.1. The average Bonchev–Trinajstić information content (AvgIpc) is 2.50. The molecule has 1 aromatic carbocycles. The van der Waals surface area contributed by atoms with Crippen LogP contribution < -0.4 is 5.43 Å². The Balaban J connectivity index is 2.43. The molecule has 5 nitrogen and oxygen atoms in total. The van der Waals surface area contributed by atoms with Gasteiger partial charge in [0.2, 0.25) is 0 Å². The second-order valence-electron chi connectivity index (χ2n) is 4.80. The fraction of sp³-hybridized carbons (Fsp3) is 0.375. The van der Waals surface area contributed by atoms with Crippen molar-refractivity contribution in [1.29, 1.82) is 0 Å². The van der Waals surface area contributed by atoms with E-state index in [1.807, 2.05) is 31.2 Å². The van der Waals surface area contributed by atoms with Gasteiger partial charge in [-0.05, 0) is 31.9 Å². The van der Waals surface area contributed by atoms with Crippen LogP contribution in [0.5, 0.6) is 0 Å². The van der Waals surface area contributed by atoms with Gasteiger partial charge in [0.05, 0.1) is 23.9 Å². The summed E-state index contributed by atoms with van der Waals surface area (Å²) in [4.78, 5) is 11.7. The minimum Gasteiger partial charge on any atom is -0.434 e. The van der Waals surface area contributed by atoms with Crippen LogP contribution in [0.4, 0.5) is 4.79 Å². The van der Waals surface area contributed by atoms with E-state index in [9.17, 15) is 4.79 Å². The number of carbonyl (C=O) groups excluding carboxylic acids is 1. The molecule has 1 N–H and O–H groups in total. The summed E-state index contributed by atoms with van der Waals surface area (Å²) in [5.41, 5.74) is 5.25. The monoisotopic (exact) mass is 322 g/mol. The third-order valence-electron chi connectivity index (χ3n) is 3.37. The van der Waals surface area contributed by atoms with Gasteiger partial charge < -0.3 is 9.47 Å². The van der Waals surface area contributed by atoms with Crippen molar-refractivity contribution in [2.45, 2.75) is 33.1 Å². The number of benzene rings is 1. The maximum Gasteiger partial charge on any atom is 0.513 e. The lowest BCUT2D eigenvalue weighted by Gasteiger charge is -2.27. The smallest absolute Gasteiger partial charge is 0.434 e. The van der Waals surface area contributed by atoms with Crippen molar-refractivity contribution in [2.24, 2.45) is 5.10 Å². The maximum atomic E-state index is 11.7. The summed E-state index contributed by atoms with van der Waals surface area (Å²) in [6.45, 7) is 5.78. The van der Waals surface area contributed by atoms with Crippen molar-refractivity contribution < 1.29 is 14.3 Å². The number of hydrogen-bond donors (Lipinski definition) is 1. The van der Waals surface area contributed by atoms with Gasteiger partial charge in [-0.1, -0.05) is 36.7 Å². The van der Waals surface area contributed by atoms with Crippen LogP contribution in [0.3, 0.4) is 0 Å². The Hall–Kier alpha value is -2.01. The van der Waals surface area contributed by atoms with Crippen LogP contribution in [0.2, 0.25) is 5.02 Å². The molecule has 6 heteroatoms. The van der Waals surface area contributed by atoms with Crippen molar-refractivity contribution >= 4 is 23.5 Å². The van der Waals surface area contributed by atoms with Gasteiger partial charge >= 0.3 is 6.16 Å². The highest BCUT2D eigenvalue weighted by Crippen LogP contribution is 2.36. The predicted octanol–water partition coefficient (Wildman–Crippen LogP) is 4.20. The van der Waals surface area contributed by atoms with Crippen molar-refractivity contribution in [3.63, 3.8) is 0 Å². The SMILES string of the molecule is CCOC(=O)OC1=C(C)NN=C(CC)C1c1ccccc1Cl. The third-order valence-corrected chi connectivity index (χ3v) is 3.71. The third kappa shape index (κ3) is 3.42. The van der Waals surface area contributed by atoms with Crippen LogP contribution in [0, 0.1) is 0 Å². The van der Waals surface area contributed by atoms with Gasteiger partial charge in [-0.25, -0.2) is 4.79 Å². The summed E-state index contributed by atoms with van der Waals surface area (Å²) < 4.78 is 10.3. The lowest BCUT2D eigenvalue weighted by Crippen LogP contribution is -2.28. The van der Waals surface area contributed by atoms with E-state index in [4.69, 9.17) is 21.1 Å². The van der Waals surface area contributed by atoms with Crippen molar-refractivity contribution in [1.82, 2.24) is 5.43 Å². The number of rotatable bonds is 4. The van der Waals surface area contributed by atoms with Crippen molar-refractivity contribution in [3.05, 3.63) is 46.3 Å². The second kappa shape index (κ2) is 7.31. The number of nitrogens with one attached hydrogen (secondary N) is 1. The van der Waals surface area contributed by atoms with E-state index in [1.165, 1.54) is 0 Å². The van der Waals surface area contributed by atoms with E-state index >= 15 is 0 Å². The molecule has 1 aliphatic heterocycles. The van der Waals surface area contributed by atoms with Gasteiger partial charge in [0.25, 0.3) is 0 Å². The zero-order valence-corrected chi connectivity index (χ0v) is 13.6. The number of nitrogens with zero attached hydrogens (tertiary/aromatic N) is 1. The summed E-state index contributed by atoms with van der Waals surface area (Å²) in [6, 6.07) is 7.47. The minimum absolute atomic E-state index is 0.254. The topological polar surface area (TPSA) is 59.9 Å². The molecule has 0 bridgehead atoms. The number of hydrogen-bond acceptors (Lipinski definition) is 5. The van der Waals surface area contributed by atoms with E-state index in [-0.39, 0.29) is 12.5 Å². The summed E-state index contributed by atoms with van der Waals surface area (Å²) >= 11 is 6.32. The Morgan fingerprint density at radius 3 is 2.73 bits per heavy atom. The number of halogens is 1. The molecular formula is C16H19ClN2O3. The molecule has 0 aliphatic carbocycles. The number of ether oxygens (including phenoxy) is 2. The zero-order valence-electron chi connectivity index (χ0n) is 12.9. The lowest BCUT2D eigenvalue weighted by molar-refractivity contribution is 0.0779. The van der Waals surface area contributed by atoms with Crippen LogP contribution in [-0.4, -0.2) is 18.5 Å². The molecule has 0 spiro atoms. The molecule has 1 aliphatic rings. The predicted molar refractivity (Wildman–Crippen MR) is 85.9 cm³/mol. The van der Waals surface area contributed by atoms with Gasteiger partial charge in [0.1, 0.15) is 5.76 Å². The van der Waals surface area contributed by atoms with Crippen LogP contribution in [0.25, 0.3) is 0 Å². The molecule has 22 heavy (non-hydrogen) atoms. The minimum atomic E-state index is -0.729. The highest BCUT2D eigenvalue weighted by atomic mass is 35.5. The molecule has 1 aromatic rings. The molecule has 0 saturated carbocycles. The Bertz CT molecular complexity index is 626. The number of allylic oxidation sites excluding steroid dienone is 2. The molecule has 1 atom stereocenters. The first-order valence-corrected chi connectivity index (χ1v) is 7.58. The summed E-state index contributed by atoms with van der Waals surface area (Å²) in [7, 11) is 0. The molecule has 1 unspecified atom stereocenters. The van der Waals surface area contributed by atoms with Crippen molar-refractivity contribution in [3.8, 4) is 0 Å². The molecule has 2 rings (SSSR count). The Kier molecular flexibility index (Phi) is 5.44. The van der Waals surface area contributed by atoms with E-state index in [0.717, 1.165) is 11.3 Å². The van der Waals surface area contributed by atoms with Gasteiger partial charge in [-0.15, -0.1) is 0 Å². The second-order valence-corrected chi connectivity index (χ2v) is 5.20. The average molecular weight is 323 g/mol. The van der Waals surface area contributed by atoms with E-state index in [1.54, 1.807) is 13.8 Å². The maximum absolute atomic E-state index is 11.7. The van der Waals surface area contributed by atoms with Crippen LogP contribution in [0.15, 0.2) is 40.8 Å². The fourth-order valence-electron chi connectivity index (χ4n) is 2.33. The molecule has 0 saturated heterocycles. The first kappa shape index (κ1) is 16.4.